The molecule has 0 amide bonds. The lowest BCUT2D eigenvalue weighted by atomic mass is 9.89. The summed E-state index contributed by atoms with van der Waals surface area (Å²) in [5.41, 5.74) is 1.09. The maximum absolute atomic E-state index is 12.1. The van der Waals surface area contributed by atoms with Gasteiger partial charge in [0.2, 0.25) is 0 Å². The fraction of sp³-hybridized carbons (Fsp3) is 0.611. The van der Waals surface area contributed by atoms with Gasteiger partial charge in [0.1, 0.15) is 12.0 Å². The van der Waals surface area contributed by atoms with Gasteiger partial charge in [-0.1, -0.05) is 30.3 Å². The molecule has 0 spiro atoms. The third-order valence-corrected chi connectivity index (χ3v) is 4.80. The normalized spacial score (nSPS) is 27.8. The minimum Gasteiger partial charge on any atom is -0.469 e. The van der Waals surface area contributed by atoms with Crippen LogP contribution in [0.1, 0.15) is 24.8 Å². The Morgan fingerprint density at radius 3 is 2.96 bits per heavy atom. The standard InChI is InChI=1S/C18H25NO5/c1-22-18(21)16-14-8-5-10-19(14)24-17(16)15(20)9-11-23-12-13-6-3-2-4-7-13/h2-4,6-7,14-17,20H,5,8-12H2,1H3/t14-,15+,16-,17+/m1/s1. The number of ether oxygens (including phenoxy) is 2. The number of aliphatic hydroxyl groups is 1. The van der Waals surface area contributed by atoms with Crippen molar-refractivity contribution in [3.05, 3.63) is 35.9 Å². The number of methoxy groups -OCH3 is 1. The van der Waals surface area contributed by atoms with E-state index in [0.717, 1.165) is 24.9 Å². The summed E-state index contributed by atoms with van der Waals surface area (Å²) in [5, 5.41) is 12.3. The van der Waals surface area contributed by atoms with Crippen molar-refractivity contribution < 1.29 is 24.2 Å². The van der Waals surface area contributed by atoms with E-state index < -0.39 is 18.1 Å². The van der Waals surface area contributed by atoms with Crippen LogP contribution in [0.2, 0.25) is 0 Å². The minimum atomic E-state index is -0.754. The van der Waals surface area contributed by atoms with E-state index in [2.05, 4.69) is 0 Å². The highest BCUT2D eigenvalue weighted by atomic mass is 16.7. The summed E-state index contributed by atoms with van der Waals surface area (Å²) < 4.78 is 10.5. The first-order chi connectivity index (χ1) is 11.7. The van der Waals surface area contributed by atoms with Crippen LogP contribution in [0.25, 0.3) is 0 Å². The van der Waals surface area contributed by atoms with Gasteiger partial charge in [-0.2, -0.15) is 5.06 Å². The first kappa shape index (κ1) is 17.4. The first-order valence-electron chi connectivity index (χ1n) is 8.51. The number of benzene rings is 1. The Labute approximate surface area is 142 Å². The number of carbonyl (C=O) groups is 1. The molecule has 4 atom stereocenters. The number of rotatable bonds is 7. The second kappa shape index (κ2) is 8.07. The van der Waals surface area contributed by atoms with Crippen LogP contribution < -0.4 is 0 Å². The van der Waals surface area contributed by atoms with E-state index >= 15 is 0 Å². The fourth-order valence-electron chi connectivity index (χ4n) is 3.57. The molecule has 2 aliphatic heterocycles. The van der Waals surface area contributed by atoms with Crippen molar-refractivity contribution in [3.8, 4) is 0 Å². The number of hydroxylamine groups is 2. The van der Waals surface area contributed by atoms with Crippen LogP contribution in [0.3, 0.4) is 0 Å². The van der Waals surface area contributed by atoms with E-state index in [1.165, 1.54) is 7.11 Å². The van der Waals surface area contributed by atoms with Crippen LogP contribution in [0.4, 0.5) is 0 Å². The molecule has 0 aromatic heterocycles. The van der Waals surface area contributed by atoms with Crippen molar-refractivity contribution in [1.82, 2.24) is 5.06 Å². The number of hydrogen-bond acceptors (Lipinski definition) is 6. The summed E-state index contributed by atoms with van der Waals surface area (Å²) >= 11 is 0. The zero-order chi connectivity index (χ0) is 16.9. The Morgan fingerprint density at radius 1 is 1.42 bits per heavy atom. The van der Waals surface area contributed by atoms with Crippen molar-refractivity contribution in [2.24, 2.45) is 5.92 Å². The van der Waals surface area contributed by atoms with E-state index in [4.69, 9.17) is 14.3 Å². The predicted molar refractivity (Wildman–Crippen MR) is 86.8 cm³/mol. The summed E-state index contributed by atoms with van der Waals surface area (Å²) in [6.45, 7) is 1.72. The average molecular weight is 335 g/mol. The van der Waals surface area contributed by atoms with Crippen LogP contribution in [-0.2, 0) is 25.7 Å². The van der Waals surface area contributed by atoms with Gasteiger partial charge in [0.15, 0.2) is 0 Å². The number of esters is 1. The topological polar surface area (TPSA) is 68.2 Å². The molecule has 0 radical (unpaired) electrons. The molecule has 6 heteroatoms. The molecule has 3 rings (SSSR count). The van der Waals surface area contributed by atoms with Crippen LogP contribution in [0.15, 0.2) is 30.3 Å². The molecule has 2 saturated heterocycles. The van der Waals surface area contributed by atoms with E-state index in [1.54, 1.807) is 0 Å². The highest BCUT2D eigenvalue weighted by Crippen LogP contribution is 2.37. The molecule has 0 aliphatic carbocycles. The molecule has 2 fully saturated rings. The molecular formula is C18H25NO5. The van der Waals surface area contributed by atoms with Gasteiger partial charge >= 0.3 is 5.97 Å². The van der Waals surface area contributed by atoms with Gasteiger partial charge in [-0.25, -0.2) is 0 Å². The Morgan fingerprint density at radius 2 is 2.21 bits per heavy atom. The number of aliphatic hydroxyl groups excluding tert-OH is 1. The average Bonchev–Trinajstić information content (AvgIpc) is 3.19. The van der Waals surface area contributed by atoms with Crippen LogP contribution in [-0.4, -0.2) is 54.7 Å². The maximum atomic E-state index is 12.1. The van der Waals surface area contributed by atoms with E-state index in [1.807, 2.05) is 35.4 Å². The second-order valence-electron chi connectivity index (χ2n) is 6.36. The number of fused-ring (bicyclic) bond motifs is 1. The lowest BCUT2D eigenvalue weighted by Crippen LogP contribution is -2.40. The van der Waals surface area contributed by atoms with Crippen molar-refractivity contribution in [3.63, 3.8) is 0 Å². The number of nitrogens with zero attached hydrogens (tertiary/aromatic N) is 1. The molecule has 0 unspecified atom stereocenters. The molecule has 1 N–H and O–H groups in total. The Hall–Kier alpha value is -1.47. The SMILES string of the molecule is COC(=O)[C@H]1[C@H]([C@@H](O)CCOCc2ccccc2)ON2CCC[C@H]12. The van der Waals surface area contributed by atoms with Crippen LogP contribution in [0.5, 0.6) is 0 Å². The Balaban J connectivity index is 1.50. The van der Waals surface area contributed by atoms with Gasteiger partial charge in [0.25, 0.3) is 0 Å². The molecule has 0 saturated carbocycles. The zero-order valence-corrected chi connectivity index (χ0v) is 14.0. The van der Waals surface area contributed by atoms with Crippen molar-refractivity contribution in [2.75, 3.05) is 20.3 Å². The summed E-state index contributed by atoms with van der Waals surface area (Å²) in [4.78, 5) is 17.9. The molecule has 0 bridgehead atoms. The highest BCUT2D eigenvalue weighted by molar-refractivity contribution is 5.74. The highest BCUT2D eigenvalue weighted by Gasteiger charge is 2.52. The smallest absolute Gasteiger partial charge is 0.313 e. The lowest BCUT2D eigenvalue weighted by Gasteiger charge is -2.23. The zero-order valence-electron chi connectivity index (χ0n) is 14.0. The fourth-order valence-corrected chi connectivity index (χ4v) is 3.57. The molecule has 1 aromatic rings. The third kappa shape index (κ3) is 3.78. The van der Waals surface area contributed by atoms with Crippen molar-refractivity contribution in [2.45, 2.75) is 44.1 Å². The summed E-state index contributed by atoms with van der Waals surface area (Å²) in [5.74, 6) is -0.736. The molecule has 2 heterocycles. The van der Waals surface area contributed by atoms with Crippen molar-refractivity contribution >= 4 is 5.97 Å². The molecule has 1 aromatic carbocycles. The van der Waals surface area contributed by atoms with Gasteiger partial charge in [0, 0.05) is 13.2 Å². The summed E-state index contributed by atoms with van der Waals surface area (Å²) in [6, 6.07) is 9.91. The second-order valence-corrected chi connectivity index (χ2v) is 6.36. The number of carbonyl (C=O) groups excluding carboxylic acids is 1. The quantitative estimate of drug-likeness (QED) is 0.602. The molecule has 24 heavy (non-hydrogen) atoms. The van der Waals surface area contributed by atoms with Gasteiger partial charge in [-0.3, -0.25) is 9.63 Å². The monoisotopic (exact) mass is 335 g/mol. The summed E-state index contributed by atoms with van der Waals surface area (Å²) in [6.07, 6.45) is 1.01. The minimum absolute atomic E-state index is 0.0161. The van der Waals surface area contributed by atoms with Crippen LogP contribution in [0, 0.1) is 5.92 Å². The maximum Gasteiger partial charge on any atom is 0.313 e. The number of hydrogen-bond donors (Lipinski definition) is 1. The molecule has 6 nitrogen and oxygen atoms in total. The largest absolute Gasteiger partial charge is 0.469 e. The third-order valence-electron chi connectivity index (χ3n) is 4.80. The van der Waals surface area contributed by atoms with Gasteiger partial charge in [0.05, 0.1) is 25.9 Å². The van der Waals surface area contributed by atoms with E-state index in [9.17, 15) is 9.90 Å². The molecule has 132 valence electrons. The van der Waals surface area contributed by atoms with Gasteiger partial charge < -0.3 is 14.6 Å². The van der Waals surface area contributed by atoms with Gasteiger partial charge in [-0.05, 0) is 24.8 Å². The molecule has 2 aliphatic rings. The predicted octanol–water partition coefficient (Wildman–Crippen LogP) is 1.52. The Bertz CT molecular complexity index is 537. The van der Waals surface area contributed by atoms with Crippen molar-refractivity contribution in [1.29, 1.82) is 0 Å². The first-order valence-corrected chi connectivity index (χ1v) is 8.51. The van der Waals surface area contributed by atoms with Gasteiger partial charge in [-0.15, -0.1) is 0 Å². The summed E-state index contributed by atoms with van der Waals surface area (Å²) in [7, 11) is 1.38. The van der Waals surface area contributed by atoms with E-state index in [-0.39, 0.29) is 12.0 Å². The Kier molecular flexibility index (Phi) is 5.84. The van der Waals surface area contributed by atoms with E-state index in [0.29, 0.717) is 19.6 Å². The molecular weight excluding hydrogens is 310 g/mol. The van der Waals surface area contributed by atoms with Crippen LogP contribution >= 0.6 is 0 Å². The lowest BCUT2D eigenvalue weighted by molar-refractivity contribution is -0.180.